The van der Waals surface area contributed by atoms with Crippen molar-refractivity contribution in [2.45, 2.75) is 6.04 Å². The highest BCUT2D eigenvalue weighted by molar-refractivity contribution is 6.30. The quantitative estimate of drug-likeness (QED) is 0.878. The van der Waals surface area contributed by atoms with Crippen LogP contribution in [0.2, 0.25) is 5.02 Å². The molecule has 1 saturated heterocycles. The molecule has 0 saturated carbocycles. The summed E-state index contributed by atoms with van der Waals surface area (Å²) in [6.07, 6.45) is 0. The first-order chi connectivity index (χ1) is 8.59. The van der Waals surface area contributed by atoms with Gasteiger partial charge in [-0.3, -0.25) is 4.79 Å². The second-order valence-electron chi connectivity index (χ2n) is 3.94. The van der Waals surface area contributed by atoms with Crippen LogP contribution in [0.1, 0.15) is 10.4 Å². The molecule has 0 bridgehead atoms. The predicted molar refractivity (Wildman–Crippen MR) is 64.7 cm³/mol. The Morgan fingerprint density at radius 1 is 1.44 bits per heavy atom. The van der Waals surface area contributed by atoms with Crippen LogP contribution in [-0.4, -0.2) is 47.7 Å². The number of carboxylic acids is 1. The maximum absolute atomic E-state index is 12.2. The molecule has 2 rings (SSSR count). The van der Waals surface area contributed by atoms with Gasteiger partial charge in [0.05, 0.1) is 13.2 Å². The third-order valence-electron chi connectivity index (χ3n) is 2.75. The molecule has 18 heavy (non-hydrogen) atoms. The minimum absolute atomic E-state index is 0.0155. The minimum Gasteiger partial charge on any atom is -0.480 e. The lowest BCUT2D eigenvalue weighted by Gasteiger charge is -2.32. The van der Waals surface area contributed by atoms with E-state index in [2.05, 4.69) is 0 Å². The molecule has 1 amide bonds. The third kappa shape index (κ3) is 2.63. The van der Waals surface area contributed by atoms with Crippen molar-refractivity contribution in [2.75, 3.05) is 19.8 Å². The molecule has 1 atom stereocenters. The maximum atomic E-state index is 12.2. The van der Waals surface area contributed by atoms with Gasteiger partial charge in [0.1, 0.15) is 0 Å². The molecular weight excluding hydrogens is 258 g/mol. The van der Waals surface area contributed by atoms with Gasteiger partial charge in [-0.2, -0.15) is 0 Å². The summed E-state index contributed by atoms with van der Waals surface area (Å²) in [7, 11) is 0. The molecule has 6 heteroatoms. The second-order valence-corrected chi connectivity index (χ2v) is 4.37. The largest absolute Gasteiger partial charge is 0.480 e. The van der Waals surface area contributed by atoms with Crippen molar-refractivity contribution in [1.29, 1.82) is 0 Å². The third-order valence-corrected chi connectivity index (χ3v) is 2.98. The van der Waals surface area contributed by atoms with E-state index >= 15 is 0 Å². The van der Waals surface area contributed by atoms with Crippen LogP contribution >= 0.6 is 11.6 Å². The highest BCUT2D eigenvalue weighted by Crippen LogP contribution is 2.16. The van der Waals surface area contributed by atoms with Crippen molar-refractivity contribution in [1.82, 2.24) is 4.90 Å². The van der Waals surface area contributed by atoms with E-state index in [4.69, 9.17) is 21.4 Å². The zero-order valence-electron chi connectivity index (χ0n) is 9.51. The summed E-state index contributed by atoms with van der Waals surface area (Å²) in [5, 5.41) is 9.50. The van der Waals surface area contributed by atoms with Crippen LogP contribution in [0.15, 0.2) is 24.3 Å². The topological polar surface area (TPSA) is 66.8 Å². The number of carbonyl (C=O) groups is 2. The first-order valence-corrected chi connectivity index (χ1v) is 5.84. The SMILES string of the molecule is O=C(O)C1COCCN1C(=O)c1cccc(Cl)c1. The molecule has 0 aliphatic carbocycles. The van der Waals surface area contributed by atoms with Gasteiger partial charge in [0, 0.05) is 17.1 Å². The van der Waals surface area contributed by atoms with Crippen molar-refractivity contribution in [3.8, 4) is 0 Å². The molecule has 1 aliphatic rings. The van der Waals surface area contributed by atoms with Gasteiger partial charge >= 0.3 is 5.97 Å². The Hall–Kier alpha value is -1.59. The summed E-state index contributed by atoms with van der Waals surface area (Å²) < 4.78 is 5.08. The molecule has 1 heterocycles. The number of aliphatic carboxylic acids is 1. The van der Waals surface area contributed by atoms with Crippen LogP contribution in [0, 0.1) is 0 Å². The van der Waals surface area contributed by atoms with Crippen molar-refractivity contribution in [2.24, 2.45) is 0 Å². The fourth-order valence-electron chi connectivity index (χ4n) is 1.84. The van der Waals surface area contributed by atoms with E-state index in [0.29, 0.717) is 17.2 Å². The standard InChI is InChI=1S/C12H12ClNO4/c13-9-3-1-2-8(6-9)11(15)14-4-5-18-7-10(14)12(16)17/h1-3,6,10H,4-5,7H2,(H,16,17). The summed E-state index contributed by atoms with van der Waals surface area (Å²) in [6, 6.07) is 5.52. The number of amides is 1. The Balaban J connectivity index is 2.23. The van der Waals surface area contributed by atoms with Gasteiger partial charge in [-0.1, -0.05) is 17.7 Å². The van der Waals surface area contributed by atoms with Crippen LogP contribution in [0.5, 0.6) is 0 Å². The second kappa shape index (κ2) is 5.37. The lowest BCUT2D eigenvalue weighted by atomic mass is 10.1. The van der Waals surface area contributed by atoms with Crippen molar-refractivity contribution in [3.63, 3.8) is 0 Å². The molecule has 1 N–H and O–H groups in total. The molecule has 0 aromatic heterocycles. The summed E-state index contributed by atoms with van der Waals surface area (Å²) in [5.41, 5.74) is 0.385. The molecule has 1 aromatic carbocycles. The van der Waals surface area contributed by atoms with Gasteiger partial charge in [-0.25, -0.2) is 4.79 Å². The zero-order valence-corrected chi connectivity index (χ0v) is 10.3. The molecule has 96 valence electrons. The van der Waals surface area contributed by atoms with E-state index in [0.717, 1.165) is 0 Å². The van der Waals surface area contributed by atoms with Crippen LogP contribution in [0.25, 0.3) is 0 Å². The monoisotopic (exact) mass is 269 g/mol. The molecule has 0 spiro atoms. The predicted octanol–water partition coefficient (Wildman–Crippen LogP) is 1.27. The number of carbonyl (C=O) groups excluding carboxylic acids is 1. The molecule has 0 radical (unpaired) electrons. The van der Waals surface area contributed by atoms with Crippen LogP contribution in [-0.2, 0) is 9.53 Å². The summed E-state index contributed by atoms with van der Waals surface area (Å²) in [6.45, 7) is 0.625. The highest BCUT2D eigenvalue weighted by Gasteiger charge is 2.33. The zero-order chi connectivity index (χ0) is 13.1. The number of halogens is 1. The number of carboxylic acid groups (broad SMARTS) is 1. The molecule has 1 fully saturated rings. The van der Waals surface area contributed by atoms with E-state index < -0.39 is 12.0 Å². The fourth-order valence-corrected chi connectivity index (χ4v) is 2.03. The van der Waals surface area contributed by atoms with E-state index in [1.165, 1.54) is 11.0 Å². The number of nitrogens with zero attached hydrogens (tertiary/aromatic N) is 1. The first-order valence-electron chi connectivity index (χ1n) is 5.46. The Bertz CT molecular complexity index is 477. The van der Waals surface area contributed by atoms with E-state index in [1.807, 2.05) is 0 Å². The van der Waals surface area contributed by atoms with Gasteiger partial charge in [-0.15, -0.1) is 0 Å². The number of morpholine rings is 1. The van der Waals surface area contributed by atoms with Crippen molar-refractivity contribution >= 4 is 23.5 Å². The van der Waals surface area contributed by atoms with Gasteiger partial charge in [0.2, 0.25) is 0 Å². The fraction of sp³-hybridized carbons (Fsp3) is 0.333. The number of ether oxygens (including phenoxy) is 1. The average molecular weight is 270 g/mol. The smallest absolute Gasteiger partial charge is 0.328 e. The molecular formula is C12H12ClNO4. The van der Waals surface area contributed by atoms with E-state index in [9.17, 15) is 9.59 Å². The molecule has 1 unspecified atom stereocenters. The lowest BCUT2D eigenvalue weighted by molar-refractivity contribution is -0.147. The lowest BCUT2D eigenvalue weighted by Crippen LogP contribution is -2.52. The molecule has 1 aromatic rings. The summed E-state index contributed by atoms with van der Waals surface area (Å²) in [5.74, 6) is -1.40. The number of hydrogen-bond donors (Lipinski definition) is 1. The normalized spacial score (nSPS) is 19.6. The van der Waals surface area contributed by atoms with Gasteiger partial charge < -0.3 is 14.7 Å². The van der Waals surface area contributed by atoms with Gasteiger partial charge in [-0.05, 0) is 18.2 Å². The van der Waals surface area contributed by atoms with Gasteiger partial charge in [0.15, 0.2) is 6.04 Å². The number of hydrogen-bond acceptors (Lipinski definition) is 3. The summed E-state index contributed by atoms with van der Waals surface area (Å²) in [4.78, 5) is 24.6. The maximum Gasteiger partial charge on any atom is 0.328 e. The minimum atomic E-state index is -1.06. The molecule has 1 aliphatic heterocycles. The highest BCUT2D eigenvalue weighted by atomic mass is 35.5. The molecule has 5 nitrogen and oxygen atoms in total. The number of rotatable bonds is 2. The number of benzene rings is 1. The van der Waals surface area contributed by atoms with E-state index in [-0.39, 0.29) is 19.1 Å². The van der Waals surface area contributed by atoms with Crippen LogP contribution < -0.4 is 0 Å². The Morgan fingerprint density at radius 3 is 2.89 bits per heavy atom. The van der Waals surface area contributed by atoms with Crippen molar-refractivity contribution in [3.05, 3.63) is 34.9 Å². The van der Waals surface area contributed by atoms with Crippen LogP contribution in [0.3, 0.4) is 0 Å². The first kappa shape index (κ1) is 12.9. The Morgan fingerprint density at radius 2 is 2.22 bits per heavy atom. The summed E-state index contributed by atoms with van der Waals surface area (Å²) >= 11 is 5.82. The van der Waals surface area contributed by atoms with Gasteiger partial charge in [0.25, 0.3) is 5.91 Å². The van der Waals surface area contributed by atoms with E-state index in [1.54, 1.807) is 18.2 Å². The van der Waals surface area contributed by atoms with Crippen LogP contribution in [0.4, 0.5) is 0 Å². The Kier molecular flexibility index (Phi) is 3.84. The average Bonchev–Trinajstić information content (AvgIpc) is 2.38. The van der Waals surface area contributed by atoms with Crippen molar-refractivity contribution < 1.29 is 19.4 Å². The Labute approximate surface area is 109 Å².